The van der Waals surface area contributed by atoms with E-state index in [1.54, 1.807) is 18.2 Å². The smallest absolute Gasteiger partial charge is 0.293 e. The highest BCUT2D eigenvalue weighted by Gasteiger charge is 2.02. The molecule has 0 aliphatic rings. The number of benzene rings is 1. The third-order valence-electron chi connectivity index (χ3n) is 1.47. The molecule has 0 spiro atoms. The molecule has 1 N–H and O–H groups in total. The van der Waals surface area contributed by atoms with E-state index in [1.165, 1.54) is 0 Å². The average molecular weight is 203 g/mol. The molecule has 12 heavy (non-hydrogen) atoms. The minimum absolute atomic E-state index is 0.136. The Morgan fingerprint density at radius 2 is 2.25 bits per heavy atom. The van der Waals surface area contributed by atoms with Crippen molar-refractivity contribution in [1.29, 1.82) is 0 Å². The molecule has 0 unspecified atom stereocenters. The van der Waals surface area contributed by atoms with Crippen molar-refractivity contribution in [3.63, 3.8) is 0 Å². The fourth-order valence-corrected chi connectivity index (χ4v) is 1.25. The van der Waals surface area contributed by atoms with Gasteiger partial charge in [-0.3, -0.25) is 4.84 Å². The Bertz CT molecular complexity index is 413. The van der Waals surface area contributed by atoms with Crippen molar-refractivity contribution in [3.8, 4) is 0 Å². The molecule has 1 aromatic carbocycles. The van der Waals surface area contributed by atoms with Gasteiger partial charge in [0.05, 0.1) is 5.69 Å². The summed E-state index contributed by atoms with van der Waals surface area (Å²) < 4.78 is 5.07. The Hall–Kier alpha value is -0.930. The lowest BCUT2D eigenvalue weighted by atomic mass is 10.3. The van der Waals surface area contributed by atoms with Crippen molar-refractivity contribution in [1.82, 2.24) is 4.98 Å². The van der Waals surface area contributed by atoms with Gasteiger partial charge < -0.3 is 4.42 Å². The lowest BCUT2D eigenvalue weighted by Crippen LogP contribution is -1.77. The van der Waals surface area contributed by atoms with E-state index in [4.69, 9.17) is 27.8 Å². The Kier molecular flexibility index (Phi) is 1.83. The molecular weight excluding hydrogens is 199 g/mol. The predicted octanol–water partition coefficient (Wildman–Crippen LogP) is 3.05. The maximum Gasteiger partial charge on any atom is 0.293 e. The summed E-state index contributed by atoms with van der Waals surface area (Å²) in [7, 11) is 0. The molecule has 2 rings (SSSR count). The number of hydrogen-bond acceptors (Lipinski definition) is 3. The molecule has 0 radical (unpaired) electrons. The Morgan fingerprint density at radius 3 is 3.00 bits per heavy atom. The normalized spacial score (nSPS) is 10.5. The van der Waals surface area contributed by atoms with Crippen molar-refractivity contribution >= 4 is 40.2 Å². The summed E-state index contributed by atoms with van der Waals surface area (Å²) in [6.07, 6.45) is 0. The Labute approximate surface area is 78.4 Å². The van der Waals surface area contributed by atoms with Crippen LogP contribution >= 0.6 is 23.4 Å². The van der Waals surface area contributed by atoms with Gasteiger partial charge >= 0.3 is 0 Å². The minimum atomic E-state index is 0.136. The van der Waals surface area contributed by atoms with Crippen molar-refractivity contribution in [3.05, 3.63) is 23.5 Å². The van der Waals surface area contributed by atoms with Crippen LogP contribution in [0.1, 0.15) is 0 Å². The van der Waals surface area contributed by atoms with E-state index in [2.05, 4.69) is 9.82 Å². The van der Waals surface area contributed by atoms with Gasteiger partial charge in [0.2, 0.25) is 0 Å². The van der Waals surface area contributed by atoms with Gasteiger partial charge in [-0.05, 0) is 23.7 Å². The molecule has 0 saturated heterocycles. The summed E-state index contributed by atoms with van der Waals surface area (Å²) in [4.78, 5) is 6.39. The van der Waals surface area contributed by atoms with Gasteiger partial charge in [0, 0.05) is 17.8 Å². The number of halogens is 2. The molecule has 0 bridgehead atoms. The van der Waals surface area contributed by atoms with Crippen LogP contribution in [0.25, 0.3) is 11.1 Å². The molecule has 2 aromatic rings. The van der Waals surface area contributed by atoms with Crippen LogP contribution in [0, 0.1) is 0 Å². The predicted molar refractivity (Wildman–Crippen MR) is 48.5 cm³/mol. The van der Waals surface area contributed by atoms with E-state index < -0.39 is 0 Å². The van der Waals surface area contributed by atoms with Crippen LogP contribution in [-0.2, 0) is 0 Å². The second kappa shape index (κ2) is 2.84. The van der Waals surface area contributed by atoms with Crippen LogP contribution in [0.3, 0.4) is 0 Å². The van der Waals surface area contributed by atoms with Crippen LogP contribution in [0.2, 0.25) is 5.35 Å². The van der Waals surface area contributed by atoms with E-state index in [0.29, 0.717) is 5.58 Å². The molecule has 3 nitrogen and oxygen atoms in total. The van der Waals surface area contributed by atoms with Gasteiger partial charge in [-0.15, -0.1) is 0 Å². The Balaban J connectivity index is 2.66. The number of anilines is 1. The van der Waals surface area contributed by atoms with Gasteiger partial charge in [0.25, 0.3) is 5.35 Å². The topological polar surface area (TPSA) is 38.1 Å². The van der Waals surface area contributed by atoms with Crippen molar-refractivity contribution < 1.29 is 4.42 Å². The highest BCUT2D eigenvalue weighted by atomic mass is 35.5. The monoisotopic (exact) mass is 202 g/mol. The molecule has 0 aliphatic heterocycles. The number of nitrogens with one attached hydrogen (secondary N) is 1. The van der Waals surface area contributed by atoms with Gasteiger partial charge in [-0.1, -0.05) is 0 Å². The summed E-state index contributed by atoms with van der Waals surface area (Å²) in [5, 5.41) is 0.136. The largest absolute Gasteiger partial charge is 0.427 e. The highest BCUT2D eigenvalue weighted by molar-refractivity contribution is 6.28. The average Bonchev–Trinajstić information content (AvgIpc) is 2.43. The zero-order chi connectivity index (χ0) is 8.55. The summed E-state index contributed by atoms with van der Waals surface area (Å²) in [6.45, 7) is 0. The second-order valence-electron chi connectivity index (χ2n) is 2.24. The zero-order valence-electron chi connectivity index (χ0n) is 5.84. The van der Waals surface area contributed by atoms with Crippen molar-refractivity contribution in [2.45, 2.75) is 0 Å². The van der Waals surface area contributed by atoms with E-state index in [1.807, 2.05) is 0 Å². The summed E-state index contributed by atoms with van der Waals surface area (Å²) >= 11 is 10.9. The molecule has 1 heterocycles. The van der Waals surface area contributed by atoms with Gasteiger partial charge in [0.1, 0.15) is 5.52 Å². The van der Waals surface area contributed by atoms with Crippen molar-refractivity contribution in [2.24, 2.45) is 0 Å². The third kappa shape index (κ3) is 1.21. The molecule has 0 saturated carbocycles. The van der Waals surface area contributed by atoms with E-state index in [9.17, 15) is 0 Å². The van der Waals surface area contributed by atoms with Crippen LogP contribution in [0.5, 0.6) is 0 Å². The fraction of sp³-hybridized carbons (Fsp3) is 0. The maximum atomic E-state index is 5.55. The fourth-order valence-electron chi connectivity index (χ4n) is 0.955. The van der Waals surface area contributed by atoms with E-state index in [0.717, 1.165) is 11.2 Å². The first-order valence-corrected chi connectivity index (χ1v) is 3.98. The molecular formula is C7H4Cl2N2O. The minimum Gasteiger partial charge on any atom is -0.427 e. The van der Waals surface area contributed by atoms with Crippen LogP contribution in [-0.4, -0.2) is 4.98 Å². The Morgan fingerprint density at radius 1 is 1.42 bits per heavy atom. The number of hydrogen-bond donors (Lipinski definition) is 1. The van der Waals surface area contributed by atoms with E-state index >= 15 is 0 Å². The van der Waals surface area contributed by atoms with Crippen LogP contribution in [0.4, 0.5) is 5.69 Å². The summed E-state index contributed by atoms with van der Waals surface area (Å²) in [5.74, 6) is 0. The van der Waals surface area contributed by atoms with Crippen molar-refractivity contribution in [2.75, 3.05) is 4.84 Å². The van der Waals surface area contributed by atoms with Gasteiger partial charge in [-0.25, -0.2) is 0 Å². The molecule has 0 atom stereocenters. The lowest BCUT2D eigenvalue weighted by molar-refractivity contribution is 0.605. The molecule has 1 aromatic heterocycles. The van der Waals surface area contributed by atoms with Gasteiger partial charge in [-0.2, -0.15) is 4.98 Å². The molecule has 0 fully saturated rings. The first kappa shape index (κ1) is 7.71. The maximum absolute atomic E-state index is 5.55. The quantitative estimate of drug-likeness (QED) is 0.723. The second-order valence-corrected chi connectivity index (χ2v) is 2.76. The summed E-state index contributed by atoms with van der Waals surface area (Å²) in [5.41, 5.74) is 2.08. The van der Waals surface area contributed by atoms with Crippen LogP contribution in [0.15, 0.2) is 22.6 Å². The zero-order valence-corrected chi connectivity index (χ0v) is 7.36. The molecule has 0 aliphatic carbocycles. The number of nitrogens with zero attached hydrogens (tertiary/aromatic N) is 1. The SMILES string of the molecule is ClNc1ccc2nc(Cl)oc2c1. The highest BCUT2D eigenvalue weighted by Crippen LogP contribution is 2.22. The first-order chi connectivity index (χ1) is 5.79. The number of fused-ring (bicyclic) bond motifs is 1. The number of rotatable bonds is 1. The molecule has 62 valence electrons. The number of oxazole rings is 1. The number of aromatic nitrogens is 1. The van der Waals surface area contributed by atoms with Gasteiger partial charge in [0.15, 0.2) is 5.58 Å². The van der Waals surface area contributed by atoms with E-state index in [-0.39, 0.29) is 5.35 Å². The standard InChI is InChI=1S/C7H4Cl2N2O/c8-7-10-5-2-1-4(11-9)3-6(5)12-7/h1-3,11H. The third-order valence-corrected chi connectivity index (χ3v) is 1.85. The first-order valence-electron chi connectivity index (χ1n) is 3.22. The lowest BCUT2D eigenvalue weighted by Gasteiger charge is -1.93. The summed E-state index contributed by atoms with van der Waals surface area (Å²) in [6, 6.07) is 5.28. The molecule has 5 heteroatoms. The van der Waals surface area contributed by atoms with Crippen LogP contribution < -0.4 is 4.84 Å². The molecule has 0 amide bonds.